The van der Waals surface area contributed by atoms with Crippen molar-refractivity contribution in [1.82, 2.24) is 10.2 Å². The van der Waals surface area contributed by atoms with Crippen molar-refractivity contribution in [2.75, 3.05) is 0 Å². The van der Waals surface area contributed by atoms with Gasteiger partial charge in [0.15, 0.2) is 6.29 Å². The average molecular weight is 304 g/mol. The highest BCUT2D eigenvalue weighted by molar-refractivity contribution is 9.13. The number of halogens is 2. The molecule has 0 saturated carbocycles. The Morgan fingerprint density at radius 2 is 2.00 bits per heavy atom. The molecule has 2 aromatic rings. The first-order valence-electron chi connectivity index (χ1n) is 3.50. The number of hydrogen-bond donors (Lipinski definition) is 1. The second-order valence-electron chi connectivity index (χ2n) is 2.54. The number of aromatic nitrogens is 2. The van der Waals surface area contributed by atoms with Gasteiger partial charge in [0.2, 0.25) is 0 Å². The highest BCUT2D eigenvalue weighted by atomic mass is 79.9. The Balaban J connectivity index is 2.84. The highest BCUT2D eigenvalue weighted by Crippen LogP contribution is 2.28. The quantitative estimate of drug-likeness (QED) is 0.823. The molecule has 0 aliphatic carbocycles. The van der Waals surface area contributed by atoms with Crippen molar-refractivity contribution in [3.8, 4) is 0 Å². The van der Waals surface area contributed by atoms with E-state index in [1.54, 1.807) is 0 Å². The molecule has 0 fully saturated rings. The maximum absolute atomic E-state index is 10.6. The van der Waals surface area contributed by atoms with Crippen LogP contribution in [0.3, 0.4) is 0 Å². The van der Waals surface area contributed by atoms with Crippen LogP contribution in [-0.4, -0.2) is 16.5 Å². The summed E-state index contributed by atoms with van der Waals surface area (Å²) in [6, 6.07) is 3.70. The fraction of sp³-hybridized carbons (Fsp3) is 0. The number of aromatic amines is 1. The fourth-order valence-electron chi connectivity index (χ4n) is 1.12. The van der Waals surface area contributed by atoms with Gasteiger partial charge in [-0.2, -0.15) is 5.10 Å². The molecule has 0 saturated heterocycles. The van der Waals surface area contributed by atoms with Gasteiger partial charge >= 0.3 is 0 Å². The molecule has 5 heteroatoms. The first-order chi connectivity index (χ1) is 6.22. The van der Waals surface area contributed by atoms with Crippen LogP contribution in [-0.2, 0) is 0 Å². The zero-order valence-corrected chi connectivity index (χ0v) is 9.52. The first kappa shape index (κ1) is 8.90. The Labute approximate surface area is 90.8 Å². The van der Waals surface area contributed by atoms with Gasteiger partial charge in [0.05, 0.1) is 5.52 Å². The zero-order chi connectivity index (χ0) is 9.42. The number of nitrogens with zero attached hydrogens (tertiary/aromatic N) is 1. The molecular weight excluding hydrogens is 300 g/mol. The van der Waals surface area contributed by atoms with Gasteiger partial charge in [0.1, 0.15) is 5.69 Å². The molecule has 2 rings (SSSR count). The van der Waals surface area contributed by atoms with Gasteiger partial charge < -0.3 is 0 Å². The number of aldehydes is 1. The Hall–Kier alpha value is -0.680. The second kappa shape index (κ2) is 3.23. The highest BCUT2D eigenvalue weighted by Gasteiger charge is 2.06. The largest absolute Gasteiger partial charge is 0.296 e. The van der Waals surface area contributed by atoms with Crippen LogP contribution in [0, 0.1) is 0 Å². The third-order valence-electron chi connectivity index (χ3n) is 1.74. The van der Waals surface area contributed by atoms with Crippen LogP contribution < -0.4 is 0 Å². The number of nitrogens with one attached hydrogen (secondary N) is 1. The lowest BCUT2D eigenvalue weighted by molar-refractivity contribution is 0.112. The standard InChI is InChI=1S/C8H4Br2N2O/c9-5-1-4-7(2-6(5)10)11-12-8(4)3-13/h1-3H,(H,11,12). The van der Waals surface area contributed by atoms with Crippen molar-refractivity contribution in [3.05, 3.63) is 26.8 Å². The number of hydrogen-bond acceptors (Lipinski definition) is 2. The SMILES string of the molecule is O=Cc1[nH]nc2cc(Br)c(Br)cc12. The number of carbonyl (C=O) groups is 1. The van der Waals surface area contributed by atoms with Crippen LogP contribution in [0.15, 0.2) is 21.1 Å². The summed E-state index contributed by atoms with van der Waals surface area (Å²) in [5, 5.41) is 7.47. The van der Waals surface area contributed by atoms with Crippen LogP contribution in [0.4, 0.5) is 0 Å². The van der Waals surface area contributed by atoms with E-state index in [0.29, 0.717) is 5.69 Å². The summed E-state index contributed by atoms with van der Waals surface area (Å²) >= 11 is 6.72. The van der Waals surface area contributed by atoms with Gasteiger partial charge in [0.25, 0.3) is 0 Å². The molecule has 0 amide bonds. The molecule has 0 aliphatic heterocycles. The molecule has 13 heavy (non-hydrogen) atoms. The average Bonchev–Trinajstić information content (AvgIpc) is 2.48. The molecule has 3 nitrogen and oxygen atoms in total. The minimum atomic E-state index is 0.503. The smallest absolute Gasteiger partial charge is 0.168 e. The maximum atomic E-state index is 10.6. The summed E-state index contributed by atoms with van der Waals surface area (Å²) in [6.45, 7) is 0. The number of rotatable bonds is 1. The van der Waals surface area contributed by atoms with Crippen LogP contribution in [0.5, 0.6) is 0 Å². The van der Waals surface area contributed by atoms with E-state index in [1.165, 1.54) is 0 Å². The summed E-state index contributed by atoms with van der Waals surface area (Å²) in [5.41, 5.74) is 1.28. The minimum absolute atomic E-state index is 0.503. The van der Waals surface area contributed by atoms with Crippen molar-refractivity contribution in [2.45, 2.75) is 0 Å². The lowest BCUT2D eigenvalue weighted by Crippen LogP contribution is -1.78. The third-order valence-corrected chi connectivity index (χ3v) is 3.59. The van der Waals surface area contributed by atoms with Gasteiger partial charge in [-0.1, -0.05) is 0 Å². The van der Waals surface area contributed by atoms with E-state index in [2.05, 4.69) is 42.1 Å². The first-order valence-corrected chi connectivity index (χ1v) is 5.09. The predicted octanol–water partition coefficient (Wildman–Crippen LogP) is 2.90. The molecule has 1 heterocycles. The summed E-state index contributed by atoms with van der Waals surface area (Å²) < 4.78 is 1.83. The number of benzene rings is 1. The van der Waals surface area contributed by atoms with Crippen molar-refractivity contribution in [3.63, 3.8) is 0 Å². The predicted molar refractivity (Wildman–Crippen MR) is 56.9 cm³/mol. The number of H-pyrrole nitrogens is 1. The van der Waals surface area contributed by atoms with Crippen LogP contribution >= 0.6 is 31.9 Å². The Kier molecular flexibility index (Phi) is 2.21. The van der Waals surface area contributed by atoms with Gasteiger partial charge in [0, 0.05) is 14.3 Å². The Morgan fingerprint density at radius 1 is 1.31 bits per heavy atom. The normalized spacial score (nSPS) is 10.6. The third kappa shape index (κ3) is 1.42. The van der Waals surface area contributed by atoms with Crippen LogP contribution in [0.2, 0.25) is 0 Å². The molecule has 0 atom stereocenters. The molecule has 0 spiro atoms. The molecule has 1 aromatic heterocycles. The van der Waals surface area contributed by atoms with Crippen LogP contribution in [0.25, 0.3) is 10.9 Å². The second-order valence-corrected chi connectivity index (χ2v) is 4.25. The Bertz CT molecular complexity index is 478. The Morgan fingerprint density at radius 3 is 2.69 bits per heavy atom. The molecular formula is C8H4Br2N2O. The van der Waals surface area contributed by atoms with Crippen molar-refractivity contribution >= 4 is 49.0 Å². The molecule has 1 N–H and O–H groups in total. The van der Waals surface area contributed by atoms with E-state index in [9.17, 15) is 4.79 Å². The molecule has 0 bridgehead atoms. The van der Waals surface area contributed by atoms with Gasteiger partial charge in [-0.3, -0.25) is 9.89 Å². The van der Waals surface area contributed by atoms with E-state index >= 15 is 0 Å². The molecule has 0 aliphatic rings. The molecule has 0 radical (unpaired) electrons. The van der Waals surface area contributed by atoms with E-state index in [1.807, 2.05) is 12.1 Å². The lowest BCUT2D eigenvalue weighted by atomic mass is 10.2. The van der Waals surface area contributed by atoms with Crippen molar-refractivity contribution < 1.29 is 4.79 Å². The van der Waals surface area contributed by atoms with E-state index in [-0.39, 0.29) is 0 Å². The summed E-state index contributed by atoms with van der Waals surface area (Å²) in [6.07, 6.45) is 0.760. The van der Waals surface area contributed by atoms with Crippen molar-refractivity contribution in [2.24, 2.45) is 0 Å². The monoisotopic (exact) mass is 302 g/mol. The zero-order valence-electron chi connectivity index (χ0n) is 6.34. The summed E-state index contributed by atoms with van der Waals surface area (Å²) in [4.78, 5) is 10.6. The van der Waals surface area contributed by atoms with E-state index in [4.69, 9.17) is 0 Å². The fourth-order valence-corrected chi connectivity index (χ4v) is 1.79. The summed E-state index contributed by atoms with van der Waals surface area (Å²) in [5.74, 6) is 0. The molecule has 1 aromatic carbocycles. The van der Waals surface area contributed by atoms with Crippen molar-refractivity contribution in [1.29, 1.82) is 0 Å². The van der Waals surface area contributed by atoms with Gasteiger partial charge in [-0.25, -0.2) is 0 Å². The summed E-state index contributed by atoms with van der Waals surface area (Å²) in [7, 11) is 0. The molecule has 0 unspecified atom stereocenters. The minimum Gasteiger partial charge on any atom is -0.296 e. The van der Waals surface area contributed by atoms with E-state index < -0.39 is 0 Å². The van der Waals surface area contributed by atoms with E-state index in [0.717, 1.165) is 26.1 Å². The van der Waals surface area contributed by atoms with Gasteiger partial charge in [-0.15, -0.1) is 0 Å². The number of fused-ring (bicyclic) bond motifs is 1. The topological polar surface area (TPSA) is 45.8 Å². The van der Waals surface area contributed by atoms with Crippen LogP contribution in [0.1, 0.15) is 10.5 Å². The van der Waals surface area contributed by atoms with Gasteiger partial charge in [-0.05, 0) is 44.0 Å². The molecule has 66 valence electrons. The lowest BCUT2D eigenvalue weighted by Gasteiger charge is -1.94. The maximum Gasteiger partial charge on any atom is 0.168 e. The number of carbonyl (C=O) groups excluding carboxylic acids is 1.